The Labute approximate surface area is 156 Å². The van der Waals surface area contributed by atoms with Crippen LogP contribution in [0.5, 0.6) is 17.2 Å². The summed E-state index contributed by atoms with van der Waals surface area (Å²) in [4.78, 5) is 14.0. The zero-order valence-corrected chi connectivity index (χ0v) is 14.9. The number of hydrogen-bond acceptors (Lipinski definition) is 5. The molecule has 0 saturated carbocycles. The van der Waals surface area contributed by atoms with Gasteiger partial charge >= 0.3 is 0 Å². The lowest BCUT2D eigenvalue weighted by atomic mass is 10.3. The van der Waals surface area contributed by atoms with Crippen LogP contribution in [0, 0.1) is 0 Å². The fourth-order valence-corrected chi connectivity index (χ4v) is 2.75. The number of fused-ring (bicyclic) bond motifs is 1. The summed E-state index contributed by atoms with van der Waals surface area (Å²) in [7, 11) is 1.74. The maximum Gasteiger partial charge on any atom is 0.260 e. The number of carbonyl (C=O) groups is 1. The standard InChI is InChI=1S/C20H19N3O4/c1-22(11-15-10-21-23(12-15)16-5-3-2-4-6-16)20(24)13-25-17-7-8-18-19(9-17)27-14-26-18/h2-10,12H,11,13-14H2,1H3. The first kappa shape index (κ1) is 17.0. The Kier molecular flexibility index (Phi) is 4.65. The third kappa shape index (κ3) is 3.87. The summed E-state index contributed by atoms with van der Waals surface area (Å²) in [6.45, 7) is 0.607. The molecule has 4 rings (SSSR count). The first-order chi connectivity index (χ1) is 13.2. The minimum atomic E-state index is -0.125. The highest BCUT2D eigenvalue weighted by molar-refractivity contribution is 5.77. The van der Waals surface area contributed by atoms with E-state index in [1.807, 2.05) is 36.5 Å². The first-order valence-corrected chi connectivity index (χ1v) is 8.54. The maximum atomic E-state index is 12.3. The lowest BCUT2D eigenvalue weighted by molar-refractivity contribution is -0.132. The van der Waals surface area contributed by atoms with Crippen LogP contribution in [0.3, 0.4) is 0 Å². The predicted octanol–water partition coefficient (Wildman–Crippen LogP) is 2.64. The third-order valence-corrected chi connectivity index (χ3v) is 4.21. The number of amides is 1. The Hall–Kier alpha value is -3.48. The largest absolute Gasteiger partial charge is 0.484 e. The second-order valence-corrected chi connectivity index (χ2v) is 6.18. The van der Waals surface area contributed by atoms with Gasteiger partial charge in [0.05, 0.1) is 11.9 Å². The second-order valence-electron chi connectivity index (χ2n) is 6.18. The molecule has 2 aromatic carbocycles. The monoisotopic (exact) mass is 365 g/mol. The molecule has 27 heavy (non-hydrogen) atoms. The molecule has 3 aromatic rings. The number of aromatic nitrogens is 2. The molecule has 0 unspecified atom stereocenters. The van der Waals surface area contributed by atoms with Crippen LogP contribution in [-0.4, -0.2) is 41.0 Å². The van der Waals surface area contributed by atoms with Gasteiger partial charge in [0.2, 0.25) is 6.79 Å². The number of hydrogen-bond donors (Lipinski definition) is 0. The summed E-state index contributed by atoms with van der Waals surface area (Å²) < 4.78 is 17.9. The minimum absolute atomic E-state index is 0.0526. The summed E-state index contributed by atoms with van der Waals surface area (Å²) in [6, 6.07) is 15.1. The van der Waals surface area contributed by atoms with E-state index in [1.165, 1.54) is 0 Å². The molecule has 138 valence electrons. The molecule has 2 heterocycles. The van der Waals surface area contributed by atoms with E-state index in [0.717, 1.165) is 11.3 Å². The Bertz CT molecular complexity index is 939. The average molecular weight is 365 g/mol. The third-order valence-electron chi connectivity index (χ3n) is 4.21. The van der Waals surface area contributed by atoms with Crippen molar-refractivity contribution in [3.63, 3.8) is 0 Å². The zero-order chi connectivity index (χ0) is 18.6. The Morgan fingerprint density at radius 1 is 1.19 bits per heavy atom. The molecule has 0 atom stereocenters. The predicted molar refractivity (Wildman–Crippen MR) is 98.1 cm³/mol. The van der Waals surface area contributed by atoms with Crippen molar-refractivity contribution in [1.82, 2.24) is 14.7 Å². The number of likely N-dealkylation sites (N-methyl/N-ethyl adjacent to an activating group) is 1. The molecule has 0 saturated heterocycles. The van der Waals surface area contributed by atoms with Gasteiger partial charge in [-0.1, -0.05) is 18.2 Å². The molecule has 0 bridgehead atoms. The number of benzene rings is 2. The number of para-hydroxylation sites is 1. The normalized spacial score (nSPS) is 12.0. The van der Waals surface area contributed by atoms with Gasteiger partial charge in [-0.2, -0.15) is 5.10 Å². The SMILES string of the molecule is CN(Cc1cnn(-c2ccccc2)c1)C(=O)COc1ccc2c(c1)OCO2. The fourth-order valence-electron chi connectivity index (χ4n) is 2.75. The van der Waals surface area contributed by atoms with E-state index in [4.69, 9.17) is 14.2 Å². The molecule has 1 aliphatic rings. The van der Waals surface area contributed by atoms with Gasteiger partial charge in [0.15, 0.2) is 18.1 Å². The quantitative estimate of drug-likeness (QED) is 0.672. The smallest absolute Gasteiger partial charge is 0.260 e. The minimum Gasteiger partial charge on any atom is -0.484 e. The molecule has 1 aromatic heterocycles. The molecule has 1 aliphatic heterocycles. The topological polar surface area (TPSA) is 65.8 Å². The van der Waals surface area contributed by atoms with Gasteiger partial charge in [-0.3, -0.25) is 4.79 Å². The maximum absolute atomic E-state index is 12.3. The molecule has 0 N–H and O–H groups in total. The van der Waals surface area contributed by atoms with Gasteiger partial charge in [0.1, 0.15) is 5.75 Å². The Morgan fingerprint density at radius 3 is 2.85 bits per heavy atom. The van der Waals surface area contributed by atoms with E-state index in [9.17, 15) is 4.79 Å². The number of ether oxygens (including phenoxy) is 3. The summed E-state index contributed by atoms with van der Waals surface area (Å²) in [6.07, 6.45) is 3.67. The molecule has 7 nitrogen and oxygen atoms in total. The summed E-state index contributed by atoms with van der Waals surface area (Å²) in [5.74, 6) is 1.75. The van der Waals surface area contributed by atoms with Gasteiger partial charge in [0.25, 0.3) is 5.91 Å². The zero-order valence-electron chi connectivity index (χ0n) is 14.9. The van der Waals surface area contributed by atoms with Crippen LogP contribution in [0.1, 0.15) is 5.56 Å². The van der Waals surface area contributed by atoms with Crippen LogP contribution in [0.2, 0.25) is 0 Å². The van der Waals surface area contributed by atoms with E-state index in [0.29, 0.717) is 23.8 Å². The van der Waals surface area contributed by atoms with Gasteiger partial charge < -0.3 is 19.1 Å². The van der Waals surface area contributed by atoms with Crippen LogP contribution in [0.15, 0.2) is 60.9 Å². The molecule has 0 aliphatic carbocycles. The molecular weight excluding hydrogens is 346 g/mol. The van der Waals surface area contributed by atoms with E-state index >= 15 is 0 Å². The molecule has 0 fully saturated rings. The average Bonchev–Trinajstić information content (AvgIpc) is 3.35. The van der Waals surface area contributed by atoms with Crippen LogP contribution >= 0.6 is 0 Å². The number of rotatable bonds is 6. The van der Waals surface area contributed by atoms with Crippen LogP contribution in [0.4, 0.5) is 0 Å². The van der Waals surface area contributed by atoms with Gasteiger partial charge in [-0.15, -0.1) is 0 Å². The summed E-state index contributed by atoms with van der Waals surface area (Å²) >= 11 is 0. The van der Waals surface area contributed by atoms with E-state index in [2.05, 4.69) is 5.10 Å². The summed E-state index contributed by atoms with van der Waals surface area (Å²) in [5, 5.41) is 4.35. The number of nitrogens with zero attached hydrogens (tertiary/aromatic N) is 3. The van der Waals surface area contributed by atoms with Gasteiger partial charge in [0, 0.05) is 31.4 Å². The Balaban J connectivity index is 1.32. The highest BCUT2D eigenvalue weighted by Crippen LogP contribution is 2.35. The highest BCUT2D eigenvalue weighted by atomic mass is 16.7. The highest BCUT2D eigenvalue weighted by Gasteiger charge is 2.15. The van der Waals surface area contributed by atoms with Crippen molar-refractivity contribution in [3.8, 4) is 22.9 Å². The van der Waals surface area contributed by atoms with E-state index in [1.54, 1.807) is 41.0 Å². The van der Waals surface area contributed by atoms with Crippen molar-refractivity contribution in [3.05, 3.63) is 66.5 Å². The lowest BCUT2D eigenvalue weighted by Gasteiger charge is -2.16. The molecular formula is C20H19N3O4. The van der Waals surface area contributed by atoms with E-state index in [-0.39, 0.29) is 19.3 Å². The van der Waals surface area contributed by atoms with Crippen molar-refractivity contribution >= 4 is 5.91 Å². The van der Waals surface area contributed by atoms with Gasteiger partial charge in [-0.25, -0.2) is 4.68 Å². The molecule has 1 amide bonds. The summed E-state index contributed by atoms with van der Waals surface area (Å²) in [5.41, 5.74) is 1.92. The molecule has 0 spiro atoms. The van der Waals surface area contributed by atoms with Crippen molar-refractivity contribution in [2.24, 2.45) is 0 Å². The molecule has 0 radical (unpaired) electrons. The van der Waals surface area contributed by atoms with Crippen molar-refractivity contribution in [1.29, 1.82) is 0 Å². The Morgan fingerprint density at radius 2 is 2.00 bits per heavy atom. The van der Waals surface area contributed by atoms with Crippen molar-refractivity contribution in [2.45, 2.75) is 6.54 Å². The first-order valence-electron chi connectivity index (χ1n) is 8.54. The van der Waals surface area contributed by atoms with E-state index < -0.39 is 0 Å². The molecule has 7 heteroatoms. The van der Waals surface area contributed by atoms with Crippen molar-refractivity contribution in [2.75, 3.05) is 20.4 Å². The lowest BCUT2D eigenvalue weighted by Crippen LogP contribution is -2.30. The number of carbonyl (C=O) groups excluding carboxylic acids is 1. The second kappa shape index (κ2) is 7.41. The fraction of sp³-hybridized carbons (Fsp3) is 0.200. The van der Waals surface area contributed by atoms with Crippen molar-refractivity contribution < 1.29 is 19.0 Å². The van der Waals surface area contributed by atoms with Crippen LogP contribution in [-0.2, 0) is 11.3 Å². The van der Waals surface area contributed by atoms with Gasteiger partial charge in [-0.05, 0) is 24.3 Å². The van der Waals surface area contributed by atoms with Crippen LogP contribution in [0.25, 0.3) is 5.69 Å². The van der Waals surface area contributed by atoms with Crippen LogP contribution < -0.4 is 14.2 Å².